The van der Waals surface area contributed by atoms with E-state index < -0.39 is 0 Å². The van der Waals surface area contributed by atoms with Crippen molar-refractivity contribution in [3.63, 3.8) is 0 Å². The minimum Gasteiger partial charge on any atom is -0.368 e. The molecule has 1 aromatic rings. The van der Waals surface area contributed by atoms with Gasteiger partial charge in [-0.2, -0.15) is 15.0 Å². The maximum atomic E-state index is 5.73. The number of nitrogens with two attached hydrogens (primary N) is 1. The van der Waals surface area contributed by atoms with Gasteiger partial charge in [0.05, 0.1) is 0 Å². The summed E-state index contributed by atoms with van der Waals surface area (Å²) in [4.78, 5) is 13.9. The molecule has 0 unspecified atom stereocenters. The van der Waals surface area contributed by atoms with Crippen LogP contribution in [0, 0.1) is 0 Å². The minimum absolute atomic E-state index is 0.0775. The van der Waals surface area contributed by atoms with Crippen LogP contribution in [0.25, 0.3) is 0 Å². The zero-order valence-corrected chi connectivity index (χ0v) is 10.2. The SMILES string of the molecule is CCN(c1nc(N)nc(Cl)n1)C(C)(C)C. The van der Waals surface area contributed by atoms with E-state index in [2.05, 4.69) is 35.7 Å². The molecule has 1 rings (SSSR count). The van der Waals surface area contributed by atoms with Crippen LogP contribution in [0.2, 0.25) is 5.28 Å². The second-order valence-electron chi connectivity index (χ2n) is 4.18. The van der Waals surface area contributed by atoms with Crippen molar-refractivity contribution in [1.82, 2.24) is 15.0 Å². The number of aromatic nitrogens is 3. The van der Waals surface area contributed by atoms with Crippen molar-refractivity contribution in [2.24, 2.45) is 0 Å². The van der Waals surface area contributed by atoms with Crippen molar-refractivity contribution in [2.45, 2.75) is 33.2 Å². The van der Waals surface area contributed by atoms with Gasteiger partial charge < -0.3 is 10.6 Å². The van der Waals surface area contributed by atoms with Crippen LogP contribution in [-0.4, -0.2) is 27.0 Å². The van der Waals surface area contributed by atoms with Gasteiger partial charge >= 0.3 is 0 Å². The Morgan fingerprint density at radius 3 is 2.27 bits per heavy atom. The number of nitrogens with zero attached hydrogens (tertiary/aromatic N) is 4. The van der Waals surface area contributed by atoms with Gasteiger partial charge in [-0.15, -0.1) is 0 Å². The van der Waals surface area contributed by atoms with Crippen molar-refractivity contribution >= 4 is 23.5 Å². The highest BCUT2D eigenvalue weighted by molar-refractivity contribution is 6.28. The Bertz CT molecular complexity index is 327. The summed E-state index contributed by atoms with van der Waals surface area (Å²) in [5, 5.41) is 0.125. The zero-order valence-electron chi connectivity index (χ0n) is 9.45. The molecule has 84 valence electrons. The van der Waals surface area contributed by atoms with Crippen LogP contribution in [0.3, 0.4) is 0 Å². The molecule has 2 N–H and O–H groups in total. The molecule has 0 bridgehead atoms. The van der Waals surface area contributed by atoms with E-state index in [9.17, 15) is 0 Å². The lowest BCUT2D eigenvalue weighted by Crippen LogP contribution is -2.42. The summed E-state index contributed by atoms with van der Waals surface area (Å²) in [7, 11) is 0. The normalized spacial score (nSPS) is 11.5. The van der Waals surface area contributed by atoms with Crippen molar-refractivity contribution in [3.05, 3.63) is 5.28 Å². The maximum absolute atomic E-state index is 5.73. The monoisotopic (exact) mass is 229 g/mol. The Morgan fingerprint density at radius 1 is 1.27 bits per heavy atom. The molecular formula is C9H16ClN5. The van der Waals surface area contributed by atoms with Gasteiger partial charge in [0, 0.05) is 12.1 Å². The summed E-state index contributed by atoms with van der Waals surface area (Å²) in [6.07, 6.45) is 0. The summed E-state index contributed by atoms with van der Waals surface area (Å²) >= 11 is 5.73. The lowest BCUT2D eigenvalue weighted by Gasteiger charge is -2.34. The Labute approximate surface area is 94.7 Å². The van der Waals surface area contributed by atoms with Gasteiger partial charge in [-0.05, 0) is 39.3 Å². The van der Waals surface area contributed by atoms with E-state index in [1.165, 1.54) is 0 Å². The molecule has 0 atom stereocenters. The molecule has 1 heterocycles. The van der Waals surface area contributed by atoms with Gasteiger partial charge in [0.2, 0.25) is 17.2 Å². The van der Waals surface area contributed by atoms with Crippen molar-refractivity contribution in [1.29, 1.82) is 0 Å². The van der Waals surface area contributed by atoms with Crippen LogP contribution < -0.4 is 10.6 Å². The van der Waals surface area contributed by atoms with E-state index in [0.29, 0.717) is 5.95 Å². The fraction of sp³-hybridized carbons (Fsp3) is 0.667. The van der Waals surface area contributed by atoms with Crippen LogP contribution in [0.1, 0.15) is 27.7 Å². The van der Waals surface area contributed by atoms with Crippen molar-refractivity contribution < 1.29 is 0 Å². The summed E-state index contributed by atoms with van der Waals surface area (Å²) in [6, 6.07) is 0. The molecule has 0 fully saturated rings. The highest BCUT2D eigenvalue weighted by atomic mass is 35.5. The van der Waals surface area contributed by atoms with Crippen LogP contribution >= 0.6 is 11.6 Å². The van der Waals surface area contributed by atoms with Gasteiger partial charge in [-0.1, -0.05) is 0 Å². The predicted octanol–water partition coefficient (Wildman–Crippen LogP) is 1.73. The smallest absolute Gasteiger partial charge is 0.231 e. The van der Waals surface area contributed by atoms with Gasteiger partial charge in [0.1, 0.15) is 0 Å². The van der Waals surface area contributed by atoms with E-state index in [-0.39, 0.29) is 16.8 Å². The number of anilines is 2. The number of hydrogen-bond donors (Lipinski definition) is 1. The van der Waals surface area contributed by atoms with Crippen LogP contribution in [-0.2, 0) is 0 Å². The molecule has 15 heavy (non-hydrogen) atoms. The maximum Gasteiger partial charge on any atom is 0.231 e. The third-order valence-electron chi connectivity index (χ3n) is 1.98. The Balaban J connectivity index is 3.13. The van der Waals surface area contributed by atoms with E-state index in [0.717, 1.165) is 6.54 Å². The molecule has 0 aliphatic heterocycles. The fourth-order valence-electron chi connectivity index (χ4n) is 1.39. The quantitative estimate of drug-likeness (QED) is 0.837. The molecule has 0 spiro atoms. The summed E-state index contributed by atoms with van der Waals surface area (Å²) in [5.74, 6) is 0.662. The number of nitrogen functional groups attached to an aromatic ring is 1. The van der Waals surface area contributed by atoms with E-state index >= 15 is 0 Å². The first kappa shape index (κ1) is 12.0. The highest BCUT2D eigenvalue weighted by Gasteiger charge is 2.23. The topological polar surface area (TPSA) is 67.9 Å². The average molecular weight is 230 g/mol. The Kier molecular flexibility index (Phi) is 3.34. The Morgan fingerprint density at radius 2 is 1.87 bits per heavy atom. The average Bonchev–Trinajstić information content (AvgIpc) is 1.99. The molecule has 0 aromatic carbocycles. The van der Waals surface area contributed by atoms with E-state index in [4.69, 9.17) is 17.3 Å². The van der Waals surface area contributed by atoms with Gasteiger partial charge in [-0.3, -0.25) is 0 Å². The Hall–Kier alpha value is -1.10. The largest absolute Gasteiger partial charge is 0.368 e. The molecule has 5 nitrogen and oxygen atoms in total. The number of halogens is 1. The first-order chi connectivity index (χ1) is 6.84. The van der Waals surface area contributed by atoms with Crippen molar-refractivity contribution in [2.75, 3.05) is 17.2 Å². The molecule has 0 saturated heterocycles. The lowest BCUT2D eigenvalue weighted by atomic mass is 10.1. The minimum atomic E-state index is -0.0775. The number of hydrogen-bond acceptors (Lipinski definition) is 5. The number of rotatable bonds is 2. The van der Waals surface area contributed by atoms with Gasteiger partial charge in [-0.25, -0.2) is 0 Å². The summed E-state index contributed by atoms with van der Waals surface area (Å²) < 4.78 is 0. The molecule has 0 aliphatic carbocycles. The first-order valence-electron chi connectivity index (χ1n) is 4.79. The van der Waals surface area contributed by atoms with Crippen molar-refractivity contribution in [3.8, 4) is 0 Å². The third-order valence-corrected chi connectivity index (χ3v) is 2.15. The lowest BCUT2D eigenvalue weighted by molar-refractivity contribution is 0.502. The standard InChI is InChI=1S/C9H16ClN5/c1-5-15(9(2,3)4)8-13-6(10)12-7(11)14-8/h5H2,1-4H3,(H2,11,12,13,14). The molecule has 0 saturated carbocycles. The van der Waals surface area contributed by atoms with Crippen LogP contribution in [0.15, 0.2) is 0 Å². The molecule has 6 heteroatoms. The molecule has 0 radical (unpaired) electrons. The summed E-state index contributed by atoms with van der Waals surface area (Å²) in [5.41, 5.74) is 5.44. The van der Waals surface area contributed by atoms with Crippen LogP contribution in [0.5, 0.6) is 0 Å². The molecular weight excluding hydrogens is 214 g/mol. The molecule has 0 aliphatic rings. The second-order valence-corrected chi connectivity index (χ2v) is 4.52. The molecule has 1 aromatic heterocycles. The molecule has 0 amide bonds. The van der Waals surface area contributed by atoms with Crippen LogP contribution in [0.4, 0.5) is 11.9 Å². The predicted molar refractivity (Wildman–Crippen MR) is 62.0 cm³/mol. The second kappa shape index (κ2) is 4.18. The fourth-order valence-corrected chi connectivity index (χ4v) is 1.55. The zero-order chi connectivity index (χ0) is 11.6. The third kappa shape index (κ3) is 2.92. The van der Waals surface area contributed by atoms with E-state index in [1.54, 1.807) is 0 Å². The first-order valence-corrected chi connectivity index (χ1v) is 5.17. The van der Waals surface area contributed by atoms with E-state index in [1.807, 2.05) is 11.8 Å². The highest BCUT2D eigenvalue weighted by Crippen LogP contribution is 2.20. The van der Waals surface area contributed by atoms with Gasteiger partial charge in [0.15, 0.2) is 0 Å². The van der Waals surface area contributed by atoms with Gasteiger partial charge in [0.25, 0.3) is 0 Å². The summed E-state index contributed by atoms with van der Waals surface area (Å²) in [6.45, 7) is 9.03.